The van der Waals surface area contributed by atoms with Gasteiger partial charge in [0.05, 0.1) is 12.7 Å². The third-order valence-electron chi connectivity index (χ3n) is 4.79. The molecule has 0 heterocycles. The molecule has 0 aromatic heterocycles. The Morgan fingerprint density at radius 2 is 1.44 bits per heavy atom. The lowest BCUT2D eigenvalue weighted by atomic mass is 10.1. The van der Waals surface area contributed by atoms with Crippen LogP contribution in [0.25, 0.3) is 0 Å². The number of carbonyl (C=O) groups is 3. The van der Waals surface area contributed by atoms with E-state index in [9.17, 15) is 14.4 Å². The number of methoxy groups -OCH3 is 1. The number of nitrogens with zero attached hydrogens (tertiary/aromatic N) is 1. The predicted molar refractivity (Wildman–Crippen MR) is 122 cm³/mol. The third kappa shape index (κ3) is 5.72. The topological polar surface area (TPSA) is 84.9 Å². The summed E-state index contributed by atoms with van der Waals surface area (Å²) in [6, 6.07) is 20.7. The van der Waals surface area contributed by atoms with E-state index in [1.165, 1.54) is 7.11 Å². The van der Waals surface area contributed by atoms with E-state index < -0.39 is 5.97 Å². The highest BCUT2D eigenvalue weighted by atomic mass is 16.5. The first kappa shape index (κ1) is 22.6. The fourth-order valence-corrected chi connectivity index (χ4v) is 2.93. The second-order valence-electron chi connectivity index (χ2n) is 7.13. The molecule has 32 heavy (non-hydrogen) atoms. The summed E-state index contributed by atoms with van der Waals surface area (Å²) in [5.74, 6) is -0.398. The number of amides is 2. The molecule has 3 rings (SSSR count). The van der Waals surface area contributed by atoms with Gasteiger partial charge < -0.3 is 19.7 Å². The van der Waals surface area contributed by atoms with Gasteiger partial charge in [0.2, 0.25) is 0 Å². The van der Waals surface area contributed by atoms with E-state index in [2.05, 4.69) is 10.1 Å². The number of carbonyl (C=O) groups excluding carboxylic acids is 3. The summed E-state index contributed by atoms with van der Waals surface area (Å²) in [5.41, 5.74) is 3.34. The van der Waals surface area contributed by atoms with Crippen LogP contribution in [0, 0.1) is 6.92 Å². The van der Waals surface area contributed by atoms with E-state index in [1.807, 2.05) is 19.1 Å². The monoisotopic (exact) mass is 432 g/mol. The fraction of sp³-hybridized carbons (Fsp3) is 0.160. The lowest BCUT2D eigenvalue weighted by Crippen LogP contribution is -2.26. The summed E-state index contributed by atoms with van der Waals surface area (Å²) in [5, 5.41) is 2.69. The fourth-order valence-electron chi connectivity index (χ4n) is 2.93. The largest absolute Gasteiger partial charge is 0.484 e. The van der Waals surface area contributed by atoms with E-state index in [1.54, 1.807) is 72.6 Å². The van der Waals surface area contributed by atoms with Crippen LogP contribution in [-0.2, 0) is 9.53 Å². The molecule has 164 valence electrons. The van der Waals surface area contributed by atoms with Crippen molar-refractivity contribution in [3.8, 4) is 5.75 Å². The highest BCUT2D eigenvalue weighted by Gasteiger charge is 2.13. The molecule has 7 nitrogen and oxygen atoms in total. The standard InChI is InChI=1S/C25H24N2O5/c1-17-4-6-18(7-5-17)24(29)27(2)21-12-14-22(15-13-21)32-16-23(28)26-20-10-8-19(9-11-20)25(30)31-3/h4-15H,16H2,1-3H3,(H,26,28). The molecule has 1 N–H and O–H groups in total. The van der Waals surface area contributed by atoms with Crippen molar-refractivity contribution < 1.29 is 23.9 Å². The molecule has 0 spiro atoms. The van der Waals surface area contributed by atoms with Gasteiger partial charge in [0, 0.05) is 24.0 Å². The second kappa shape index (κ2) is 10.3. The van der Waals surface area contributed by atoms with E-state index in [0.29, 0.717) is 28.3 Å². The normalized spacial score (nSPS) is 10.2. The number of nitrogens with one attached hydrogen (secondary N) is 1. The van der Waals surface area contributed by atoms with Crippen LogP contribution < -0.4 is 15.0 Å². The number of esters is 1. The smallest absolute Gasteiger partial charge is 0.337 e. The molecule has 0 bridgehead atoms. The van der Waals surface area contributed by atoms with Crippen LogP contribution in [0.5, 0.6) is 5.75 Å². The van der Waals surface area contributed by atoms with Crippen LogP contribution in [0.4, 0.5) is 11.4 Å². The second-order valence-corrected chi connectivity index (χ2v) is 7.13. The van der Waals surface area contributed by atoms with Crippen molar-refractivity contribution in [2.24, 2.45) is 0 Å². The Hall–Kier alpha value is -4.13. The molecule has 0 radical (unpaired) electrons. The number of ether oxygens (including phenoxy) is 2. The van der Waals surface area contributed by atoms with Crippen molar-refractivity contribution in [3.05, 3.63) is 89.5 Å². The molecule has 7 heteroatoms. The predicted octanol–water partition coefficient (Wildman–Crippen LogP) is 4.08. The molecule has 0 aliphatic rings. The molecular formula is C25H24N2O5. The zero-order valence-corrected chi connectivity index (χ0v) is 18.1. The van der Waals surface area contributed by atoms with Crippen molar-refractivity contribution in [1.29, 1.82) is 0 Å². The molecule has 0 aliphatic heterocycles. The maximum absolute atomic E-state index is 12.6. The van der Waals surface area contributed by atoms with Gasteiger partial charge in [-0.2, -0.15) is 0 Å². The molecule has 0 atom stereocenters. The van der Waals surface area contributed by atoms with E-state index in [4.69, 9.17) is 4.74 Å². The lowest BCUT2D eigenvalue weighted by molar-refractivity contribution is -0.118. The lowest BCUT2D eigenvalue weighted by Gasteiger charge is -2.18. The molecule has 0 fully saturated rings. The van der Waals surface area contributed by atoms with E-state index in [-0.39, 0.29) is 18.4 Å². The summed E-state index contributed by atoms with van der Waals surface area (Å²) in [4.78, 5) is 37.7. The van der Waals surface area contributed by atoms with E-state index in [0.717, 1.165) is 5.56 Å². The average molecular weight is 432 g/mol. The maximum atomic E-state index is 12.6. The van der Waals surface area contributed by atoms with Gasteiger partial charge in [0.1, 0.15) is 5.75 Å². The summed E-state index contributed by atoms with van der Waals surface area (Å²) in [7, 11) is 3.01. The number of hydrogen-bond acceptors (Lipinski definition) is 5. The minimum absolute atomic E-state index is 0.115. The number of anilines is 2. The molecule has 0 aliphatic carbocycles. The molecule has 0 saturated heterocycles. The van der Waals surface area contributed by atoms with Gasteiger partial charge in [-0.05, 0) is 67.6 Å². The molecule has 3 aromatic carbocycles. The summed E-state index contributed by atoms with van der Waals surface area (Å²) < 4.78 is 10.2. The minimum Gasteiger partial charge on any atom is -0.484 e. The van der Waals surface area contributed by atoms with Gasteiger partial charge in [0.15, 0.2) is 6.61 Å². The Bertz CT molecular complexity index is 1090. The van der Waals surface area contributed by atoms with Crippen molar-refractivity contribution >= 4 is 29.2 Å². The average Bonchev–Trinajstić information content (AvgIpc) is 2.82. The summed E-state index contributed by atoms with van der Waals surface area (Å²) >= 11 is 0. The van der Waals surface area contributed by atoms with Gasteiger partial charge >= 0.3 is 5.97 Å². The first-order valence-electron chi connectivity index (χ1n) is 9.93. The Kier molecular flexibility index (Phi) is 7.23. The van der Waals surface area contributed by atoms with Crippen LogP contribution in [0.1, 0.15) is 26.3 Å². The summed E-state index contributed by atoms with van der Waals surface area (Å²) in [6.07, 6.45) is 0. The van der Waals surface area contributed by atoms with Gasteiger partial charge in [-0.3, -0.25) is 9.59 Å². The summed E-state index contributed by atoms with van der Waals surface area (Å²) in [6.45, 7) is 1.79. The first-order valence-corrected chi connectivity index (χ1v) is 9.93. The van der Waals surface area contributed by atoms with Crippen LogP contribution in [-0.4, -0.2) is 38.5 Å². The zero-order chi connectivity index (χ0) is 23.1. The number of aryl methyl sites for hydroxylation is 1. The quantitative estimate of drug-likeness (QED) is 0.569. The van der Waals surface area contributed by atoms with Gasteiger partial charge in [-0.25, -0.2) is 4.79 Å². The van der Waals surface area contributed by atoms with Crippen molar-refractivity contribution in [2.45, 2.75) is 6.92 Å². The van der Waals surface area contributed by atoms with Gasteiger partial charge in [0.25, 0.3) is 11.8 Å². The minimum atomic E-state index is -0.444. The van der Waals surface area contributed by atoms with Gasteiger partial charge in [-0.1, -0.05) is 17.7 Å². The molecule has 2 amide bonds. The zero-order valence-electron chi connectivity index (χ0n) is 18.1. The highest BCUT2D eigenvalue weighted by molar-refractivity contribution is 6.05. The number of benzene rings is 3. The van der Waals surface area contributed by atoms with Crippen molar-refractivity contribution in [1.82, 2.24) is 0 Å². The Morgan fingerprint density at radius 3 is 2.03 bits per heavy atom. The number of rotatable bonds is 7. The van der Waals surface area contributed by atoms with Crippen LogP contribution >= 0.6 is 0 Å². The van der Waals surface area contributed by atoms with Crippen LogP contribution in [0.3, 0.4) is 0 Å². The third-order valence-corrected chi connectivity index (χ3v) is 4.79. The Balaban J connectivity index is 1.53. The molecule has 0 unspecified atom stereocenters. The first-order chi connectivity index (χ1) is 15.4. The molecular weight excluding hydrogens is 408 g/mol. The van der Waals surface area contributed by atoms with Crippen LogP contribution in [0.2, 0.25) is 0 Å². The number of hydrogen-bond donors (Lipinski definition) is 1. The highest BCUT2D eigenvalue weighted by Crippen LogP contribution is 2.20. The van der Waals surface area contributed by atoms with Crippen molar-refractivity contribution in [2.75, 3.05) is 31.0 Å². The van der Waals surface area contributed by atoms with Crippen molar-refractivity contribution in [3.63, 3.8) is 0 Å². The van der Waals surface area contributed by atoms with E-state index >= 15 is 0 Å². The van der Waals surface area contributed by atoms with Gasteiger partial charge in [-0.15, -0.1) is 0 Å². The maximum Gasteiger partial charge on any atom is 0.337 e. The van der Waals surface area contributed by atoms with Crippen LogP contribution in [0.15, 0.2) is 72.8 Å². The Morgan fingerprint density at radius 1 is 0.844 bits per heavy atom. The molecule has 3 aromatic rings. The Labute approximate surface area is 186 Å². The molecule has 0 saturated carbocycles. The SMILES string of the molecule is COC(=O)c1ccc(NC(=O)COc2ccc(N(C)C(=O)c3ccc(C)cc3)cc2)cc1.